The van der Waals surface area contributed by atoms with Crippen LogP contribution in [0.3, 0.4) is 0 Å². The molecule has 0 bridgehead atoms. The third-order valence-corrected chi connectivity index (χ3v) is 8.74. The van der Waals surface area contributed by atoms with Gasteiger partial charge in [0, 0.05) is 23.7 Å². The molecule has 1 atom stereocenters. The molecule has 1 aliphatic rings. The average molecular weight is 494 g/mol. The van der Waals surface area contributed by atoms with Crippen LogP contribution >= 0.6 is 0 Å². The van der Waals surface area contributed by atoms with E-state index in [0.29, 0.717) is 12.1 Å². The number of nitrogens with zero attached hydrogens (tertiary/aromatic N) is 5. The topological polar surface area (TPSA) is 103 Å². The Balaban J connectivity index is 1.42. The molecule has 3 heterocycles. The van der Waals surface area contributed by atoms with E-state index in [9.17, 15) is 4.79 Å². The molecule has 0 saturated carbocycles. The Bertz CT molecular complexity index is 1630. The molecule has 0 fully saturated rings. The first-order chi connectivity index (χ1) is 17.7. The zero-order valence-electron chi connectivity index (χ0n) is 21.8. The first kappa shape index (κ1) is 23.3. The smallest absolute Gasteiger partial charge is 0.254 e. The predicted octanol–water partition coefficient (Wildman–Crippen LogP) is 5.29. The molecule has 0 radical (unpaired) electrons. The number of likely N-dealkylation sites (N-methyl/N-ethyl adjacent to an activating group) is 1. The van der Waals surface area contributed by atoms with E-state index in [1.54, 1.807) is 18.7 Å². The van der Waals surface area contributed by atoms with Crippen LogP contribution in [-0.4, -0.2) is 53.5 Å². The molecule has 2 aromatic carbocycles. The van der Waals surface area contributed by atoms with Gasteiger partial charge in [-0.15, -0.1) is 0 Å². The minimum atomic E-state index is -0.191. The summed E-state index contributed by atoms with van der Waals surface area (Å²) in [4.78, 5) is 31.7. The number of hydrogen-bond donors (Lipinski definition) is 2. The summed E-state index contributed by atoms with van der Waals surface area (Å²) in [6, 6.07) is 12.1. The van der Waals surface area contributed by atoms with E-state index in [0.717, 1.165) is 39.9 Å². The summed E-state index contributed by atoms with van der Waals surface area (Å²) < 4.78 is 0. The standard InChI is InChI=1S/C29H31N7O/c1-6-36(27(37)17-7-8-21-22(11-17)31-16-30-21)25-13-19-12-23-24(14-20(19)28(2,3)29(25,4)5)35-26(34-23)18-9-10-32-33-15-18/h7-12,14-16,25H,6,13H2,1-5H3,(H,30,31)(H,34,35)/t25-/m1/s1. The number of aromatic amines is 2. The quantitative estimate of drug-likeness (QED) is 0.354. The second kappa shape index (κ2) is 8.23. The van der Waals surface area contributed by atoms with Crippen molar-refractivity contribution in [1.29, 1.82) is 0 Å². The van der Waals surface area contributed by atoms with E-state index in [1.807, 2.05) is 29.2 Å². The van der Waals surface area contributed by atoms with Gasteiger partial charge in [-0.1, -0.05) is 27.7 Å². The maximum absolute atomic E-state index is 13.9. The van der Waals surface area contributed by atoms with Crippen molar-refractivity contribution in [2.45, 2.75) is 52.5 Å². The lowest BCUT2D eigenvalue weighted by atomic mass is 9.55. The highest BCUT2D eigenvalue weighted by atomic mass is 16.2. The van der Waals surface area contributed by atoms with E-state index in [2.05, 4.69) is 71.9 Å². The van der Waals surface area contributed by atoms with Crippen molar-refractivity contribution in [3.63, 3.8) is 0 Å². The van der Waals surface area contributed by atoms with Crippen molar-refractivity contribution < 1.29 is 4.79 Å². The summed E-state index contributed by atoms with van der Waals surface area (Å²) in [7, 11) is 0. The summed E-state index contributed by atoms with van der Waals surface area (Å²) in [6.07, 6.45) is 5.81. The fourth-order valence-corrected chi connectivity index (χ4v) is 5.89. The molecule has 37 heavy (non-hydrogen) atoms. The molecule has 188 valence electrons. The number of rotatable bonds is 4. The molecule has 0 spiro atoms. The van der Waals surface area contributed by atoms with E-state index in [4.69, 9.17) is 4.98 Å². The van der Waals surface area contributed by atoms with Crippen molar-refractivity contribution in [2.75, 3.05) is 6.54 Å². The Morgan fingerprint density at radius 2 is 1.89 bits per heavy atom. The van der Waals surface area contributed by atoms with Crippen LogP contribution in [0.15, 0.2) is 55.1 Å². The average Bonchev–Trinajstić information content (AvgIpc) is 3.53. The van der Waals surface area contributed by atoms with Crippen LogP contribution in [0.25, 0.3) is 33.5 Å². The van der Waals surface area contributed by atoms with E-state index < -0.39 is 0 Å². The molecule has 0 saturated heterocycles. The third-order valence-electron chi connectivity index (χ3n) is 8.74. The summed E-state index contributed by atoms with van der Waals surface area (Å²) in [5.74, 6) is 0.824. The molecule has 8 nitrogen and oxygen atoms in total. The van der Waals surface area contributed by atoms with Crippen LogP contribution in [0.4, 0.5) is 0 Å². The Morgan fingerprint density at radius 3 is 2.65 bits per heavy atom. The number of nitrogens with one attached hydrogen (secondary N) is 2. The molecule has 5 aromatic rings. The minimum Gasteiger partial charge on any atom is -0.345 e. The molecule has 0 unspecified atom stereocenters. The number of benzene rings is 2. The van der Waals surface area contributed by atoms with Gasteiger partial charge in [0.1, 0.15) is 5.82 Å². The molecule has 3 aromatic heterocycles. The molecular formula is C29H31N7O. The van der Waals surface area contributed by atoms with Crippen molar-refractivity contribution in [2.24, 2.45) is 5.41 Å². The lowest BCUT2D eigenvalue weighted by molar-refractivity contribution is 0.0215. The second-order valence-electron chi connectivity index (χ2n) is 11.0. The van der Waals surface area contributed by atoms with Crippen molar-refractivity contribution >= 4 is 28.0 Å². The Labute approximate surface area is 215 Å². The van der Waals surface area contributed by atoms with Crippen LogP contribution in [0, 0.1) is 5.41 Å². The van der Waals surface area contributed by atoms with Gasteiger partial charge in [-0.3, -0.25) is 4.79 Å². The van der Waals surface area contributed by atoms with Crippen LogP contribution in [-0.2, 0) is 11.8 Å². The number of carbonyl (C=O) groups is 1. The molecule has 0 aliphatic heterocycles. The van der Waals surface area contributed by atoms with E-state index in [-0.39, 0.29) is 22.8 Å². The van der Waals surface area contributed by atoms with Gasteiger partial charge in [0.2, 0.25) is 0 Å². The lowest BCUT2D eigenvalue weighted by Gasteiger charge is -2.55. The van der Waals surface area contributed by atoms with Crippen molar-refractivity contribution in [3.8, 4) is 11.4 Å². The van der Waals surface area contributed by atoms with Gasteiger partial charge in [0.15, 0.2) is 0 Å². The van der Waals surface area contributed by atoms with E-state index in [1.165, 1.54) is 11.1 Å². The largest absolute Gasteiger partial charge is 0.345 e. The predicted molar refractivity (Wildman–Crippen MR) is 144 cm³/mol. The fourth-order valence-electron chi connectivity index (χ4n) is 5.89. The second-order valence-corrected chi connectivity index (χ2v) is 11.0. The first-order valence-electron chi connectivity index (χ1n) is 12.7. The molecule has 1 aliphatic carbocycles. The maximum Gasteiger partial charge on any atom is 0.254 e. The highest BCUT2D eigenvalue weighted by Crippen LogP contribution is 2.52. The van der Waals surface area contributed by atoms with Gasteiger partial charge in [0.25, 0.3) is 5.91 Å². The number of aromatic nitrogens is 6. The number of imidazole rings is 2. The SMILES string of the molecule is CCN(C(=O)c1ccc2nc[nH]c2c1)[C@@H]1Cc2cc3nc(-c4ccnnc4)[nH]c3cc2C(C)(C)C1(C)C. The van der Waals surface area contributed by atoms with Crippen LogP contribution < -0.4 is 0 Å². The summed E-state index contributed by atoms with van der Waals surface area (Å²) >= 11 is 0. The van der Waals surface area contributed by atoms with Gasteiger partial charge < -0.3 is 14.9 Å². The van der Waals surface area contributed by atoms with E-state index >= 15 is 0 Å². The van der Waals surface area contributed by atoms with Gasteiger partial charge >= 0.3 is 0 Å². The summed E-state index contributed by atoms with van der Waals surface area (Å²) in [6.45, 7) is 11.9. The highest BCUT2D eigenvalue weighted by molar-refractivity contribution is 5.97. The zero-order chi connectivity index (χ0) is 25.9. The molecule has 6 rings (SSSR count). The lowest BCUT2D eigenvalue weighted by Crippen LogP contribution is -2.58. The van der Waals surface area contributed by atoms with Gasteiger partial charge in [0.05, 0.1) is 40.8 Å². The number of H-pyrrole nitrogens is 2. The Hall–Kier alpha value is -4.07. The van der Waals surface area contributed by atoms with Gasteiger partial charge in [-0.25, -0.2) is 9.97 Å². The number of carbonyl (C=O) groups excluding carboxylic acids is 1. The monoisotopic (exact) mass is 493 g/mol. The Kier molecular flexibility index (Phi) is 5.19. The van der Waals surface area contributed by atoms with Gasteiger partial charge in [-0.2, -0.15) is 10.2 Å². The maximum atomic E-state index is 13.9. The van der Waals surface area contributed by atoms with Crippen molar-refractivity contribution in [3.05, 3.63) is 71.8 Å². The van der Waals surface area contributed by atoms with Crippen LogP contribution in [0.2, 0.25) is 0 Å². The van der Waals surface area contributed by atoms with Crippen molar-refractivity contribution in [1.82, 2.24) is 35.0 Å². The summed E-state index contributed by atoms with van der Waals surface area (Å²) in [5, 5.41) is 7.87. The summed E-state index contributed by atoms with van der Waals surface area (Å²) in [5.41, 5.74) is 7.39. The molecule has 8 heteroatoms. The number of fused-ring (bicyclic) bond motifs is 3. The number of amides is 1. The molecule has 2 N–H and O–H groups in total. The van der Waals surface area contributed by atoms with Gasteiger partial charge in [-0.05, 0) is 71.7 Å². The normalized spacial score (nSPS) is 18.1. The first-order valence-corrected chi connectivity index (χ1v) is 12.7. The fraction of sp³-hybridized carbons (Fsp3) is 0.345. The minimum absolute atomic E-state index is 0.0187. The van der Waals surface area contributed by atoms with Crippen LogP contribution in [0.1, 0.15) is 56.1 Å². The number of hydrogen-bond acceptors (Lipinski definition) is 5. The van der Waals surface area contributed by atoms with Crippen LogP contribution in [0.5, 0.6) is 0 Å². The molecular weight excluding hydrogens is 462 g/mol. The zero-order valence-corrected chi connectivity index (χ0v) is 21.8. The highest BCUT2D eigenvalue weighted by Gasteiger charge is 2.51. The Morgan fingerprint density at radius 1 is 1.05 bits per heavy atom. The molecule has 1 amide bonds. The third kappa shape index (κ3) is 3.54.